The van der Waals surface area contributed by atoms with Crippen LogP contribution in [0.25, 0.3) is 11.3 Å². The van der Waals surface area contributed by atoms with E-state index < -0.39 is 5.91 Å². The molecule has 0 aliphatic rings. The summed E-state index contributed by atoms with van der Waals surface area (Å²) in [7, 11) is 1.54. The van der Waals surface area contributed by atoms with Crippen molar-refractivity contribution < 1.29 is 14.1 Å². The summed E-state index contributed by atoms with van der Waals surface area (Å²) in [6.07, 6.45) is 5.20. The molecule has 0 radical (unpaired) electrons. The van der Waals surface area contributed by atoms with Crippen molar-refractivity contribution in [1.29, 1.82) is 0 Å². The third-order valence-electron chi connectivity index (χ3n) is 3.78. The third kappa shape index (κ3) is 4.53. The van der Waals surface area contributed by atoms with Gasteiger partial charge in [-0.05, 0) is 30.5 Å². The molecule has 2 amide bonds. The van der Waals surface area contributed by atoms with E-state index in [0.717, 1.165) is 16.1 Å². The highest BCUT2D eigenvalue weighted by molar-refractivity contribution is 7.98. The number of rotatable bonds is 6. The summed E-state index contributed by atoms with van der Waals surface area (Å²) in [5.41, 5.74) is 1.57. The average molecular weight is 382 g/mol. The number of thioether (sulfide) groups is 1. The van der Waals surface area contributed by atoms with E-state index in [-0.39, 0.29) is 18.1 Å². The van der Waals surface area contributed by atoms with Crippen LogP contribution >= 0.6 is 11.8 Å². The lowest BCUT2D eigenvalue weighted by atomic mass is 10.2. The zero-order chi connectivity index (χ0) is 19.2. The molecule has 0 spiro atoms. The molecule has 0 aliphatic heterocycles. The first-order chi connectivity index (χ1) is 13.1. The van der Waals surface area contributed by atoms with E-state index in [1.54, 1.807) is 25.5 Å². The van der Waals surface area contributed by atoms with Crippen molar-refractivity contribution in [3.8, 4) is 11.3 Å². The molecule has 0 unspecified atom stereocenters. The minimum atomic E-state index is -0.401. The number of carbonyl (C=O) groups excluding carboxylic acids is 2. The molecule has 7 nitrogen and oxygen atoms in total. The van der Waals surface area contributed by atoms with Crippen LogP contribution in [0.2, 0.25) is 0 Å². The molecular weight excluding hydrogens is 364 g/mol. The summed E-state index contributed by atoms with van der Waals surface area (Å²) in [5.74, 6) is -0.247. The first-order valence-electron chi connectivity index (χ1n) is 8.14. The number of hydrogen-bond donors (Lipinski definition) is 1. The Labute approximate surface area is 160 Å². The zero-order valence-electron chi connectivity index (χ0n) is 14.9. The maximum atomic E-state index is 12.5. The first kappa shape index (κ1) is 18.7. The number of hydrogen-bond acceptors (Lipinski definition) is 6. The van der Waals surface area contributed by atoms with E-state index >= 15 is 0 Å². The molecule has 0 aliphatic carbocycles. The van der Waals surface area contributed by atoms with Crippen LogP contribution in [0.1, 0.15) is 10.5 Å². The summed E-state index contributed by atoms with van der Waals surface area (Å²) < 4.78 is 5.21. The third-order valence-corrected chi connectivity index (χ3v) is 4.58. The Morgan fingerprint density at radius 1 is 1.22 bits per heavy atom. The van der Waals surface area contributed by atoms with Gasteiger partial charge in [0.25, 0.3) is 5.91 Å². The van der Waals surface area contributed by atoms with Crippen molar-refractivity contribution in [1.82, 2.24) is 15.0 Å². The van der Waals surface area contributed by atoms with Crippen molar-refractivity contribution in [2.75, 3.05) is 25.2 Å². The van der Waals surface area contributed by atoms with Gasteiger partial charge in [0.1, 0.15) is 0 Å². The van der Waals surface area contributed by atoms with Gasteiger partial charge < -0.3 is 14.7 Å². The molecule has 2 aromatic heterocycles. The molecule has 2 heterocycles. The number of amides is 2. The Hall–Kier alpha value is -3.13. The fourth-order valence-corrected chi connectivity index (χ4v) is 2.99. The van der Waals surface area contributed by atoms with Crippen molar-refractivity contribution in [3.63, 3.8) is 0 Å². The topological polar surface area (TPSA) is 88.3 Å². The molecule has 0 saturated heterocycles. The van der Waals surface area contributed by atoms with E-state index in [0.29, 0.717) is 5.76 Å². The highest BCUT2D eigenvalue weighted by Gasteiger charge is 2.20. The van der Waals surface area contributed by atoms with Crippen molar-refractivity contribution in [2.45, 2.75) is 4.90 Å². The predicted molar refractivity (Wildman–Crippen MR) is 104 cm³/mol. The molecule has 27 heavy (non-hydrogen) atoms. The predicted octanol–water partition coefficient (Wildman–Crippen LogP) is 3.17. The maximum Gasteiger partial charge on any atom is 0.276 e. The molecule has 0 fully saturated rings. The highest BCUT2D eigenvalue weighted by Crippen LogP contribution is 2.24. The monoisotopic (exact) mass is 382 g/mol. The number of anilines is 1. The summed E-state index contributed by atoms with van der Waals surface area (Å²) in [6, 6.07) is 12.6. The normalized spacial score (nSPS) is 10.4. The van der Waals surface area contributed by atoms with Crippen LogP contribution in [-0.4, -0.2) is 46.7 Å². The van der Waals surface area contributed by atoms with Gasteiger partial charge in [-0.15, -0.1) is 11.8 Å². The lowest BCUT2D eigenvalue weighted by molar-refractivity contribution is -0.116. The molecule has 1 N–H and O–H groups in total. The fraction of sp³-hybridized carbons (Fsp3) is 0.158. The second-order valence-corrected chi connectivity index (χ2v) is 6.58. The number of nitrogens with one attached hydrogen (secondary N) is 1. The van der Waals surface area contributed by atoms with E-state index in [9.17, 15) is 9.59 Å². The number of nitrogens with zero attached hydrogens (tertiary/aromatic N) is 3. The van der Waals surface area contributed by atoms with Gasteiger partial charge in [-0.1, -0.05) is 17.3 Å². The van der Waals surface area contributed by atoms with E-state index in [1.165, 1.54) is 22.7 Å². The van der Waals surface area contributed by atoms with Gasteiger partial charge in [-0.2, -0.15) is 0 Å². The van der Waals surface area contributed by atoms with Gasteiger partial charge in [0.15, 0.2) is 11.5 Å². The number of likely N-dealkylation sites (N-methyl/N-ethyl adjacent to an activating group) is 1. The number of aromatic nitrogens is 2. The molecule has 0 bridgehead atoms. The molecule has 0 saturated carbocycles. The number of pyridine rings is 1. The van der Waals surface area contributed by atoms with E-state index in [1.807, 2.05) is 36.6 Å². The van der Waals surface area contributed by atoms with Gasteiger partial charge in [-0.25, -0.2) is 0 Å². The standard InChI is InChI=1S/C19H18N4O3S/c1-23(12-18(24)21-14-7-3-4-8-17(14)27-2)19(25)15-10-16(26-22-15)13-6-5-9-20-11-13/h3-11H,12H2,1-2H3,(H,21,24). The Kier molecular flexibility index (Phi) is 5.87. The van der Waals surface area contributed by atoms with E-state index in [2.05, 4.69) is 15.5 Å². The first-order valence-corrected chi connectivity index (χ1v) is 9.36. The smallest absolute Gasteiger partial charge is 0.276 e. The van der Waals surface area contributed by atoms with Crippen molar-refractivity contribution in [3.05, 3.63) is 60.6 Å². The van der Waals surface area contributed by atoms with Crippen LogP contribution in [0.3, 0.4) is 0 Å². The summed E-state index contributed by atoms with van der Waals surface area (Å²) in [6.45, 7) is -0.101. The summed E-state index contributed by atoms with van der Waals surface area (Å²) >= 11 is 1.54. The largest absolute Gasteiger partial charge is 0.355 e. The second-order valence-electron chi connectivity index (χ2n) is 5.73. The van der Waals surface area contributed by atoms with Crippen LogP contribution < -0.4 is 5.32 Å². The number of benzene rings is 1. The Morgan fingerprint density at radius 2 is 2.04 bits per heavy atom. The quantitative estimate of drug-likeness (QED) is 0.659. The van der Waals surface area contributed by atoms with Crippen molar-refractivity contribution in [2.24, 2.45) is 0 Å². The van der Waals surface area contributed by atoms with Crippen LogP contribution in [0.4, 0.5) is 5.69 Å². The molecule has 0 atom stereocenters. The van der Waals surface area contributed by atoms with Crippen LogP contribution in [0.15, 0.2) is 64.3 Å². The zero-order valence-corrected chi connectivity index (χ0v) is 15.7. The number of para-hydroxylation sites is 1. The molecule has 3 rings (SSSR count). The lowest BCUT2D eigenvalue weighted by Gasteiger charge is -2.16. The van der Waals surface area contributed by atoms with Crippen LogP contribution in [0.5, 0.6) is 0 Å². The molecule has 1 aromatic carbocycles. The van der Waals surface area contributed by atoms with Gasteiger partial charge in [0.05, 0.1) is 12.2 Å². The molecule has 3 aromatic rings. The minimum Gasteiger partial charge on any atom is -0.355 e. The Balaban J connectivity index is 1.64. The van der Waals surface area contributed by atoms with Gasteiger partial charge in [-0.3, -0.25) is 14.6 Å². The molecule has 8 heteroatoms. The minimum absolute atomic E-state index is 0.101. The summed E-state index contributed by atoms with van der Waals surface area (Å²) in [4.78, 5) is 31.0. The molecule has 138 valence electrons. The average Bonchev–Trinajstić information content (AvgIpc) is 3.18. The van der Waals surface area contributed by atoms with Gasteiger partial charge >= 0.3 is 0 Å². The Morgan fingerprint density at radius 3 is 2.78 bits per heavy atom. The fourth-order valence-electron chi connectivity index (χ4n) is 2.44. The number of carbonyl (C=O) groups is 2. The van der Waals surface area contributed by atoms with Crippen LogP contribution in [-0.2, 0) is 4.79 Å². The van der Waals surface area contributed by atoms with Gasteiger partial charge in [0, 0.05) is 36.0 Å². The second kappa shape index (κ2) is 8.50. The Bertz CT molecular complexity index is 943. The maximum absolute atomic E-state index is 12.5. The van der Waals surface area contributed by atoms with E-state index in [4.69, 9.17) is 4.52 Å². The highest BCUT2D eigenvalue weighted by atomic mass is 32.2. The SMILES string of the molecule is CSc1ccccc1NC(=O)CN(C)C(=O)c1cc(-c2cccnc2)on1. The van der Waals surface area contributed by atoms with Gasteiger partial charge in [0.2, 0.25) is 5.91 Å². The summed E-state index contributed by atoms with van der Waals surface area (Å²) in [5, 5.41) is 6.63. The van der Waals surface area contributed by atoms with Crippen molar-refractivity contribution >= 4 is 29.3 Å². The molecular formula is C19H18N4O3S. The lowest BCUT2D eigenvalue weighted by Crippen LogP contribution is -2.35. The van der Waals surface area contributed by atoms with Crippen LogP contribution in [0, 0.1) is 0 Å².